The van der Waals surface area contributed by atoms with Gasteiger partial charge in [0.15, 0.2) is 0 Å². The molecule has 1 aromatic heterocycles. The molecule has 0 fully saturated rings. The molecule has 0 aliphatic rings. The van der Waals surface area contributed by atoms with Crippen LogP contribution < -0.4 is 5.32 Å². The zero-order valence-corrected chi connectivity index (χ0v) is 13.4. The van der Waals surface area contributed by atoms with Crippen LogP contribution in [0.25, 0.3) is 0 Å². The lowest BCUT2D eigenvalue weighted by Gasteiger charge is -2.23. The maximum absolute atomic E-state index is 4.69. The van der Waals surface area contributed by atoms with E-state index in [0.29, 0.717) is 6.04 Å². The standard InChI is InChI=1S/C16H31N3/c1-6-13(7-2)11-15(17-9-4)16-12-14(8-3)18-19(16)10-5/h12-13,15,17H,6-11H2,1-5H3. The molecule has 3 heteroatoms. The molecule has 0 spiro atoms. The molecule has 0 aliphatic carbocycles. The Morgan fingerprint density at radius 3 is 2.32 bits per heavy atom. The van der Waals surface area contributed by atoms with Gasteiger partial charge < -0.3 is 5.32 Å². The van der Waals surface area contributed by atoms with E-state index in [4.69, 9.17) is 0 Å². The topological polar surface area (TPSA) is 29.9 Å². The molecule has 0 amide bonds. The first kappa shape index (κ1) is 16.2. The molecule has 0 aliphatic heterocycles. The Balaban J connectivity index is 2.93. The predicted octanol–water partition coefficient (Wildman–Crippen LogP) is 3.94. The van der Waals surface area contributed by atoms with Gasteiger partial charge in [-0.1, -0.05) is 40.5 Å². The van der Waals surface area contributed by atoms with Crippen molar-refractivity contribution in [3.8, 4) is 0 Å². The van der Waals surface area contributed by atoms with Gasteiger partial charge in [-0.05, 0) is 38.3 Å². The SMILES string of the molecule is CCNC(CC(CC)CC)c1cc(CC)nn1CC. The number of rotatable bonds is 9. The highest BCUT2D eigenvalue weighted by Crippen LogP contribution is 2.26. The highest BCUT2D eigenvalue weighted by atomic mass is 15.3. The fraction of sp³-hybridized carbons (Fsp3) is 0.812. The molecule has 1 aromatic rings. The zero-order valence-electron chi connectivity index (χ0n) is 13.4. The first-order chi connectivity index (χ1) is 9.19. The Labute approximate surface area is 118 Å². The number of aryl methyl sites for hydroxylation is 2. The van der Waals surface area contributed by atoms with Gasteiger partial charge in [-0.3, -0.25) is 4.68 Å². The van der Waals surface area contributed by atoms with Crippen molar-refractivity contribution in [2.45, 2.75) is 72.9 Å². The van der Waals surface area contributed by atoms with Gasteiger partial charge in [0.05, 0.1) is 11.4 Å². The van der Waals surface area contributed by atoms with Crippen molar-refractivity contribution in [3.63, 3.8) is 0 Å². The molecule has 1 unspecified atom stereocenters. The molecule has 0 aromatic carbocycles. The smallest absolute Gasteiger partial charge is 0.0625 e. The average Bonchev–Trinajstić information content (AvgIpc) is 2.86. The molecule has 3 nitrogen and oxygen atoms in total. The van der Waals surface area contributed by atoms with Crippen LogP contribution >= 0.6 is 0 Å². The summed E-state index contributed by atoms with van der Waals surface area (Å²) in [5.41, 5.74) is 2.58. The molecular formula is C16H31N3. The number of hydrogen-bond acceptors (Lipinski definition) is 2. The van der Waals surface area contributed by atoms with E-state index in [9.17, 15) is 0 Å². The quantitative estimate of drug-likeness (QED) is 0.733. The van der Waals surface area contributed by atoms with E-state index in [-0.39, 0.29) is 0 Å². The maximum atomic E-state index is 4.69. The second-order valence-corrected chi connectivity index (χ2v) is 5.26. The molecule has 1 heterocycles. The van der Waals surface area contributed by atoms with Crippen LogP contribution in [0.1, 0.15) is 71.3 Å². The summed E-state index contributed by atoms with van der Waals surface area (Å²) in [5.74, 6) is 0.800. The van der Waals surface area contributed by atoms with Crippen molar-refractivity contribution in [1.29, 1.82) is 0 Å². The fourth-order valence-corrected chi connectivity index (χ4v) is 2.70. The summed E-state index contributed by atoms with van der Waals surface area (Å²) < 4.78 is 2.18. The Hall–Kier alpha value is -0.830. The molecule has 1 rings (SSSR count). The second kappa shape index (κ2) is 8.36. The Morgan fingerprint density at radius 1 is 1.16 bits per heavy atom. The van der Waals surface area contributed by atoms with E-state index in [0.717, 1.165) is 25.4 Å². The first-order valence-corrected chi connectivity index (χ1v) is 7.99. The van der Waals surface area contributed by atoms with E-state index in [2.05, 4.69) is 55.8 Å². The van der Waals surface area contributed by atoms with Gasteiger partial charge >= 0.3 is 0 Å². The van der Waals surface area contributed by atoms with E-state index >= 15 is 0 Å². The van der Waals surface area contributed by atoms with Crippen LogP contribution in [0.4, 0.5) is 0 Å². The third-order valence-electron chi connectivity index (χ3n) is 4.05. The van der Waals surface area contributed by atoms with Crippen molar-refractivity contribution in [2.24, 2.45) is 5.92 Å². The largest absolute Gasteiger partial charge is 0.309 e. The molecular weight excluding hydrogens is 234 g/mol. The maximum Gasteiger partial charge on any atom is 0.0625 e. The van der Waals surface area contributed by atoms with Gasteiger partial charge in [0.2, 0.25) is 0 Å². The molecule has 1 atom stereocenters. The minimum Gasteiger partial charge on any atom is -0.309 e. The number of hydrogen-bond donors (Lipinski definition) is 1. The van der Waals surface area contributed by atoms with Gasteiger partial charge in [-0.25, -0.2) is 0 Å². The zero-order chi connectivity index (χ0) is 14.3. The van der Waals surface area contributed by atoms with E-state index in [1.165, 1.54) is 30.7 Å². The van der Waals surface area contributed by atoms with Crippen molar-refractivity contribution >= 4 is 0 Å². The van der Waals surface area contributed by atoms with Crippen molar-refractivity contribution in [1.82, 2.24) is 15.1 Å². The van der Waals surface area contributed by atoms with Crippen molar-refractivity contribution < 1.29 is 0 Å². The lowest BCUT2D eigenvalue weighted by Crippen LogP contribution is -2.26. The van der Waals surface area contributed by atoms with Gasteiger partial charge in [0.25, 0.3) is 0 Å². The lowest BCUT2D eigenvalue weighted by atomic mass is 9.93. The monoisotopic (exact) mass is 265 g/mol. The molecule has 0 bridgehead atoms. The van der Waals surface area contributed by atoms with Crippen LogP contribution in [0.2, 0.25) is 0 Å². The van der Waals surface area contributed by atoms with Crippen LogP contribution in [-0.2, 0) is 13.0 Å². The van der Waals surface area contributed by atoms with Crippen LogP contribution in [0.15, 0.2) is 6.07 Å². The summed E-state index contributed by atoms with van der Waals surface area (Å²) in [5, 5.41) is 8.34. The van der Waals surface area contributed by atoms with E-state index in [1.807, 2.05) is 0 Å². The molecule has 1 N–H and O–H groups in total. The molecule has 0 radical (unpaired) electrons. The van der Waals surface area contributed by atoms with Gasteiger partial charge in [-0.2, -0.15) is 5.10 Å². The first-order valence-electron chi connectivity index (χ1n) is 7.99. The van der Waals surface area contributed by atoms with E-state index in [1.54, 1.807) is 0 Å². The Kier molecular flexibility index (Phi) is 7.14. The summed E-state index contributed by atoms with van der Waals surface area (Å²) in [6.07, 6.45) is 4.76. The normalized spacial score (nSPS) is 13.2. The number of nitrogens with zero attached hydrogens (tertiary/aromatic N) is 2. The summed E-state index contributed by atoms with van der Waals surface area (Å²) >= 11 is 0. The molecule has 110 valence electrons. The van der Waals surface area contributed by atoms with Crippen molar-refractivity contribution in [2.75, 3.05) is 6.54 Å². The summed E-state index contributed by atoms with van der Waals surface area (Å²) in [6, 6.07) is 2.74. The highest BCUT2D eigenvalue weighted by molar-refractivity contribution is 5.15. The molecule has 0 saturated heterocycles. The minimum atomic E-state index is 0.447. The second-order valence-electron chi connectivity index (χ2n) is 5.26. The van der Waals surface area contributed by atoms with Gasteiger partial charge in [0, 0.05) is 12.6 Å². The van der Waals surface area contributed by atoms with Crippen LogP contribution in [-0.4, -0.2) is 16.3 Å². The minimum absolute atomic E-state index is 0.447. The highest BCUT2D eigenvalue weighted by Gasteiger charge is 2.19. The average molecular weight is 265 g/mol. The van der Waals surface area contributed by atoms with Gasteiger partial charge in [0.1, 0.15) is 0 Å². The number of aromatic nitrogens is 2. The van der Waals surface area contributed by atoms with Crippen LogP contribution in [0.3, 0.4) is 0 Å². The summed E-state index contributed by atoms with van der Waals surface area (Å²) in [7, 11) is 0. The Bertz CT molecular complexity index is 353. The fourth-order valence-electron chi connectivity index (χ4n) is 2.70. The predicted molar refractivity (Wildman–Crippen MR) is 82.4 cm³/mol. The van der Waals surface area contributed by atoms with Crippen molar-refractivity contribution in [3.05, 3.63) is 17.5 Å². The van der Waals surface area contributed by atoms with E-state index < -0.39 is 0 Å². The lowest BCUT2D eigenvalue weighted by molar-refractivity contribution is 0.360. The van der Waals surface area contributed by atoms with Crippen LogP contribution in [0, 0.1) is 5.92 Å². The third-order valence-corrected chi connectivity index (χ3v) is 4.05. The molecule has 19 heavy (non-hydrogen) atoms. The summed E-state index contributed by atoms with van der Waals surface area (Å²) in [6.45, 7) is 13.1. The Morgan fingerprint density at radius 2 is 1.84 bits per heavy atom. The van der Waals surface area contributed by atoms with Gasteiger partial charge in [-0.15, -0.1) is 0 Å². The number of nitrogens with one attached hydrogen (secondary N) is 1. The summed E-state index contributed by atoms with van der Waals surface area (Å²) in [4.78, 5) is 0. The van der Waals surface area contributed by atoms with Crippen LogP contribution in [0.5, 0.6) is 0 Å². The third kappa shape index (κ3) is 4.34. The molecule has 0 saturated carbocycles.